The molecular formula is C20H20FN3O5S. The molecule has 158 valence electrons. The number of aryl methyl sites for hydroxylation is 1. The van der Waals surface area contributed by atoms with Crippen LogP contribution >= 0.6 is 0 Å². The normalized spacial score (nSPS) is 17.1. The number of nitrogens with one attached hydrogen (secondary N) is 1. The molecule has 2 aromatic carbocycles. The zero-order valence-electron chi connectivity index (χ0n) is 16.2. The lowest BCUT2D eigenvalue weighted by Crippen LogP contribution is -2.50. The first kappa shape index (κ1) is 20.3. The summed E-state index contributed by atoms with van der Waals surface area (Å²) in [5.41, 5.74) is 1.15. The van der Waals surface area contributed by atoms with Gasteiger partial charge in [-0.15, -0.1) is 0 Å². The average Bonchev–Trinajstić information content (AvgIpc) is 2.72. The molecule has 0 unspecified atom stereocenters. The number of ether oxygens (including phenoxy) is 1. The number of hydrogen-bond donors (Lipinski definition) is 1. The van der Waals surface area contributed by atoms with E-state index in [1.165, 1.54) is 39.5 Å². The topological polar surface area (TPSA) is 96.0 Å². The van der Waals surface area contributed by atoms with Crippen molar-refractivity contribution in [1.29, 1.82) is 0 Å². The van der Waals surface area contributed by atoms with Crippen LogP contribution in [0.3, 0.4) is 0 Å². The fraction of sp³-hybridized carbons (Fsp3) is 0.300. The van der Waals surface area contributed by atoms with Gasteiger partial charge < -0.3 is 15.0 Å². The highest BCUT2D eigenvalue weighted by Crippen LogP contribution is 2.34. The Balaban J connectivity index is 1.50. The predicted octanol–water partition coefficient (Wildman–Crippen LogP) is 1.61. The first-order chi connectivity index (χ1) is 14.3. The number of rotatable bonds is 3. The highest BCUT2D eigenvalue weighted by Gasteiger charge is 2.32. The fourth-order valence-corrected chi connectivity index (χ4v) is 5.21. The number of anilines is 1. The Morgan fingerprint density at radius 3 is 2.57 bits per heavy atom. The van der Waals surface area contributed by atoms with Crippen LogP contribution in [0, 0.1) is 12.7 Å². The van der Waals surface area contributed by atoms with E-state index in [4.69, 9.17) is 4.74 Å². The van der Waals surface area contributed by atoms with Gasteiger partial charge in [-0.05, 0) is 36.8 Å². The molecule has 4 rings (SSSR count). The number of halogens is 1. The molecule has 8 nitrogen and oxygen atoms in total. The van der Waals surface area contributed by atoms with Crippen LogP contribution in [-0.2, 0) is 14.8 Å². The van der Waals surface area contributed by atoms with E-state index in [0.29, 0.717) is 17.0 Å². The largest absolute Gasteiger partial charge is 0.482 e. The lowest BCUT2D eigenvalue weighted by molar-refractivity contribution is -0.118. The average molecular weight is 433 g/mol. The molecular weight excluding hydrogens is 413 g/mol. The summed E-state index contributed by atoms with van der Waals surface area (Å²) in [5.74, 6) is -0.820. The van der Waals surface area contributed by atoms with Crippen LogP contribution in [-0.4, -0.2) is 62.2 Å². The number of carbonyl (C=O) groups excluding carboxylic acids is 2. The van der Waals surface area contributed by atoms with E-state index in [-0.39, 0.29) is 55.1 Å². The van der Waals surface area contributed by atoms with Gasteiger partial charge in [0.25, 0.3) is 11.8 Å². The Labute approximate surface area is 173 Å². The van der Waals surface area contributed by atoms with Gasteiger partial charge in [-0.1, -0.05) is 6.07 Å². The number of fused-ring (bicyclic) bond motifs is 1. The summed E-state index contributed by atoms with van der Waals surface area (Å²) in [6.07, 6.45) is 0. The first-order valence-electron chi connectivity index (χ1n) is 9.38. The fourth-order valence-electron chi connectivity index (χ4n) is 3.57. The predicted molar refractivity (Wildman–Crippen MR) is 106 cm³/mol. The summed E-state index contributed by atoms with van der Waals surface area (Å²) < 4.78 is 46.4. The number of piperazine rings is 1. The molecule has 2 amide bonds. The van der Waals surface area contributed by atoms with E-state index >= 15 is 0 Å². The van der Waals surface area contributed by atoms with Crippen molar-refractivity contribution in [1.82, 2.24) is 9.21 Å². The molecule has 30 heavy (non-hydrogen) atoms. The second kappa shape index (κ2) is 7.69. The van der Waals surface area contributed by atoms with Gasteiger partial charge in [0.2, 0.25) is 10.0 Å². The van der Waals surface area contributed by atoms with Crippen molar-refractivity contribution >= 4 is 27.5 Å². The van der Waals surface area contributed by atoms with Crippen LogP contribution < -0.4 is 10.1 Å². The molecule has 0 saturated carbocycles. The SMILES string of the molecule is Cc1cc2c(cc1S(=O)(=O)N1CCN(C(=O)c3cccc(F)c3)CC1)OCC(=O)N2. The number of nitrogens with zero attached hydrogens (tertiary/aromatic N) is 2. The molecule has 2 aliphatic heterocycles. The molecule has 2 heterocycles. The molecule has 0 bridgehead atoms. The van der Waals surface area contributed by atoms with E-state index in [1.54, 1.807) is 13.0 Å². The van der Waals surface area contributed by atoms with Crippen molar-refractivity contribution in [3.05, 3.63) is 53.3 Å². The molecule has 0 atom stereocenters. The van der Waals surface area contributed by atoms with E-state index in [2.05, 4.69) is 5.32 Å². The minimum Gasteiger partial charge on any atom is -0.482 e. The third-order valence-corrected chi connectivity index (χ3v) is 7.17. The van der Waals surface area contributed by atoms with Crippen LogP contribution in [0.5, 0.6) is 5.75 Å². The molecule has 1 saturated heterocycles. The Morgan fingerprint density at radius 2 is 1.87 bits per heavy atom. The summed E-state index contributed by atoms with van der Waals surface area (Å²) in [6, 6.07) is 8.42. The molecule has 0 spiro atoms. The quantitative estimate of drug-likeness (QED) is 0.794. The van der Waals surface area contributed by atoms with Gasteiger partial charge in [0.05, 0.1) is 10.6 Å². The highest BCUT2D eigenvalue weighted by atomic mass is 32.2. The van der Waals surface area contributed by atoms with Crippen molar-refractivity contribution in [2.45, 2.75) is 11.8 Å². The summed E-state index contributed by atoms with van der Waals surface area (Å²) in [5, 5.41) is 2.65. The van der Waals surface area contributed by atoms with Gasteiger partial charge in [-0.25, -0.2) is 12.8 Å². The number of hydrogen-bond acceptors (Lipinski definition) is 5. The van der Waals surface area contributed by atoms with Crippen LogP contribution in [0.1, 0.15) is 15.9 Å². The lowest BCUT2D eigenvalue weighted by Gasteiger charge is -2.34. The molecule has 1 fully saturated rings. The van der Waals surface area contributed by atoms with E-state index in [0.717, 1.165) is 0 Å². The minimum atomic E-state index is -3.82. The molecule has 1 N–H and O–H groups in total. The molecule has 0 aliphatic carbocycles. The maximum absolute atomic E-state index is 13.4. The van der Waals surface area contributed by atoms with E-state index < -0.39 is 15.8 Å². The Hall–Kier alpha value is -2.98. The Kier molecular flexibility index (Phi) is 5.20. The molecule has 2 aliphatic rings. The minimum absolute atomic E-state index is 0.0994. The summed E-state index contributed by atoms with van der Waals surface area (Å²) in [6.45, 7) is 2.12. The molecule has 10 heteroatoms. The number of benzene rings is 2. The van der Waals surface area contributed by atoms with E-state index in [1.807, 2.05) is 0 Å². The smallest absolute Gasteiger partial charge is 0.262 e. The van der Waals surface area contributed by atoms with Gasteiger partial charge in [0.15, 0.2) is 6.61 Å². The standard InChI is InChI=1S/C20H20FN3O5S/c1-13-9-16-17(29-12-19(25)22-16)11-18(13)30(27,28)24-7-5-23(6-8-24)20(26)14-3-2-4-15(21)10-14/h2-4,9-11H,5-8,12H2,1H3,(H,22,25). The van der Waals surface area contributed by atoms with E-state index in [9.17, 15) is 22.4 Å². The Morgan fingerprint density at radius 1 is 1.13 bits per heavy atom. The van der Waals surface area contributed by atoms with Gasteiger partial charge in [0.1, 0.15) is 11.6 Å². The van der Waals surface area contributed by atoms with Crippen LogP contribution in [0.15, 0.2) is 41.3 Å². The molecule has 2 aromatic rings. The van der Waals surface area contributed by atoms with Gasteiger partial charge in [-0.3, -0.25) is 9.59 Å². The zero-order chi connectivity index (χ0) is 21.5. The lowest BCUT2D eigenvalue weighted by atomic mass is 10.2. The zero-order valence-corrected chi connectivity index (χ0v) is 17.0. The Bertz CT molecular complexity index is 1130. The van der Waals surface area contributed by atoms with Crippen molar-refractivity contribution in [3.8, 4) is 5.75 Å². The monoisotopic (exact) mass is 433 g/mol. The number of sulfonamides is 1. The third kappa shape index (κ3) is 3.75. The summed E-state index contributed by atoms with van der Waals surface area (Å²) in [7, 11) is -3.82. The molecule has 0 radical (unpaired) electrons. The van der Waals surface area contributed by atoms with Gasteiger partial charge in [-0.2, -0.15) is 4.31 Å². The molecule has 0 aromatic heterocycles. The first-order valence-corrected chi connectivity index (χ1v) is 10.8. The third-order valence-electron chi connectivity index (χ3n) is 5.13. The number of carbonyl (C=O) groups is 2. The summed E-state index contributed by atoms with van der Waals surface area (Å²) in [4.78, 5) is 25.6. The van der Waals surface area contributed by atoms with Crippen molar-refractivity contribution < 1.29 is 27.1 Å². The van der Waals surface area contributed by atoms with Crippen molar-refractivity contribution in [3.63, 3.8) is 0 Å². The second-order valence-corrected chi connectivity index (χ2v) is 9.06. The van der Waals surface area contributed by atoms with Gasteiger partial charge >= 0.3 is 0 Å². The van der Waals surface area contributed by atoms with Crippen LogP contribution in [0.2, 0.25) is 0 Å². The maximum atomic E-state index is 13.4. The van der Waals surface area contributed by atoms with Gasteiger partial charge in [0, 0.05) is 37.8 Å². The van der Waals surface area contributed by atoms with Crippen LogP contribution in [0.4, 0.5) is 10.1 Å². The van der Waals surface area contributed by atoms with Crippen molar-refractivity contribution in [2.75, 3.05) is 38.1 Å². The number of amides is 2. The second-order valence-electron chi connectivity index (χ2n) is 7.16. The maximum Gasteiger partial charge on any atom is 0.262 e. The highest BCUT2D eigenvalue weighted by molar-refractivity contribution is 7.89. The van der Waals surface area contributed by atoms with Crippen molar-refractivity contribution in [2.24, 2.45) is 0 Å². The van der Waals surface area contributed by atoms with Crippen LogP contribution in [0.25, 0.3) is 0 Å². The summed E-state index contributed by atoms with van der Waals surface area (Å²) >= 11 is 0.